The van der Waals surface area contributed by atoms with Crippen LogP contribution in [0.2, 0.25) is 0 Å². The van der Waals surface area contributed by atoms with Gasteiger partial charge in [-0.15, -0.1) is 0 Å². The van der Waals surface area contributed by atoms with Crippen LogP contribution in [0.25, 0.3) is 5.57 Å². The lowest BCUT2D eigenvalue weighted by atomic mass is 9.73. The van der Waals surface area contributed by atoms with Crippen molar-refractivity contribution in [3.63, 3.8) is 0 Å². The molecule has 4 nitrogen and oxygen atoms in total. The van der Waals surface area contributed by atoms with Gasteiger partial charge in [0.05, 0.1) is 5.71 Å². The minimum atomic E-state index is 0.162. The fraction of sp³-hybridized carbons (Fsp3) is 0.375. The van der Waals surface area contributed by atoms with Gasteiger partial charge in [-0.1, -0.05) is 49.0 Å². The predicted molar refractivity (Wildman–Crippen MR) is 116 cm³/mol. The summed E-state index contributed by atoms with van der Waals surface area (Å²) in [5.41, 5.74) is 17.4. The van der Waals surface area contributed by atoms with Crippen molar-refractivity contribution in [1.29, 1.82) is 0 Å². The highest BCUT2D eigenvalue weighted by Crippen LogP contribution is 2.51. The average molecular weight is 373 g/mol. The predicted octanol–water partition coefficient (Wildman–Crippen LogP) is 3.89. The molecule has 1 spiro atoms. The summed E-state index contributed by atoms with van der Waals surface area (Å²) in [4.78, 5) is 2.52. The fourth-order valence-corrected chi connectivity index (χ4v) is 5.26. The Bertz CT molecular complexity index is 937. The number of benzene rings is 2. The Balaban J connectivity index is 1.37. The molecule has 0 bridgehead atoms. The zero-order valence-electron chi connectivity index (χ0n) is 16.3. The summed E-state index contributed by atoms with van der Waals surface area (Å²) in [5, 5.41) is 4.42. The molecule has 1 atom stereocenters. The van der Waals surface area contributed by atoms with Gasteiger partial charge in [-0.25, -0.2) is 0 Å². The number of nitrogens with two attached hydrogens (primary N) is 1. The number of fused-ring (bicyclic) bond motifs is 1. The fourth-order valence-electron chi connectivity index (χ4n) is 5.26. The highest BCUT2D eigenvalue weighted by molar-refractivity contribution is 6.24. The Kier molecular flexibility index (Phi) is 4.24. The summed E-state index contributed by atoms with van der Waals surface area (Å²) in [6.07, 6.45) is 4.33. The van der Waals surface area contributed by atoms with E-state index in [1.807, 2.05) is 0 Å². The Labute approximate surface area is 167 Å². The molecule has 3 N–H and O–H groups in total. The van der Waals surface area contributed by atoms with Crippen LogP contribution in [0.4, 0.5) is 5.69 Å². The molecule has 28 heavy (non-hydrogen) atoms. The highest BCUT2D eigenvalue weighted by Gasteiger charge is 2.45. The SMILES string of the molecule is C=C(C1=NNCC1)c1ccccc1N1CCC2(CC1)Cc1ccccc1[C@H]2N. The van der Waals surface area contributed by atoms with E-state index in [1.54, 1.807) is 0 Å². The molecular formula is C24H28N4. The van der Waals surface area contributed by atoms with Crippen molar-refractivity contribution in [2.24, 2.45) is 16.3 Å². The molecule has 5 rings (SSSR count). The van der Waals surface area contributed by atoms with E-state index in [9.17, 15) is 0 Å². The Hall–Kier alpha value is -2.59. The van der Waals surface area contributed by atoms with Crippen LogP contribution in [0.5, 0.6) is 0 Å². The normalized spacial score (nSPS) is 22.7. The van der Waals surface area contributed by atoms with Crippen molar-refractivity contribution in [3.05, 3.63) is 71.8 Å². The van der Waals surface area contributed by atoms with Gasteiger partial charge in [0, 0.05) is 43.3 Å². The third-order valence-electron chi connectivity index (χ3n) is 6.96. The Morgan fingerprint density at radius 2 is 1.86 bits per heavy atom. The lowest BCUT2D eigenvalue weighted by Gasteiger charge is -2.43. The summed E-state index contributed by atoms with van der Waals surface area (Å²) < 4.78 is 0. The van der Waals surface area contributed by atoms with Gasteiger partial charge >= 0.3 is 0 Å². The Morgan fingerprint density at radius 1 is 1.11 bits per heavy atom. The van der Waals surface area contributed by atoms with E-state index in [0.717, 1.165) is 56.6 Å². The van der Waals surface area contributed by atoms with Gasteiger partial charge < -0.3 is 16.1 Å². The van der Waals surface area contributed by atoms with Gasteiger partial charge in [0.25, 0.3) is 0 Å². The summed E-state index contributed by atoms with van der Waals surface area (Å²) in [6, 6.07) is 17.5. The molecule has 0 saturated carbocycles. The molecule has 1 fully saturated rings. The third-order valence-corrected chi connectivity index (χ3v) is 6.96. The van der Waals surface area contributed by atoms with Crippen molar-refractivity contribution >= 4 is 17.0 Å². The lowest BCUT2D eigenvalue weighted by molar-refractivity contribution is 0.187. The van der Waals surface area contributed by atoms with Crippen molar-refractivity contribution in [2.45, 2.75) is 31.7 Å². The third kappa shape index (κ3) is 2.75. The monoisotopic (exact) mass is 372 g/mol. The molecule has 1 aliphatic carbocycles. The number of hydrogen-bond acceptors (Lipinski definition) is 4. The molecule has 0 amide bonds. The molecule has 4 heteroatoms. The molecule has 2 aromatic rings. The quantitative estimate of drug-likeness (QED) is 0.859. The van der Waals surface area contributed by atoms with E-state index in [2.05, 4.69) is 70.5 Å². The summed E-state index contributed by atoms with van der Waals surface area (Å²) in [6.45, 7) is 7.34. The number of piperidine rings is 1. The molecule has 1 saturated heterocycles. The molecule has 3 aliphatic rings. The van der Waals surface area contributed by atoms with Crippen LogP contribution >= 0.6 is 0 Å². The van der Waals surface area contributed by atoms with Gasteiger partial charge in [-0.3, -0.25) is 0 Å². The first-order chi connectivity index (χ1) is 13.7. The average Bonchev–Trinajstić information content (AvgIpc) is 3.36. The number of anilines is 1. The van der Waals surface area contributed by atoms with Crippen LogP contribution in [0.3, 0.4) is 0 Å². The van der Waals surface area contributed by atoms with Gasteiger partial charge in [0.2, 0.25) is 0 Å². The van der Waals surface area contributed by atoms with Crippen molar-refractivity contribution in [3.8, 4) is 0 Å². The minimum absolute atomic E-state index is 0.162. The molecule has 0 aromatic heterocycles. The van der Waals surface area contributed by atoms with Crippen LogP contribution in [0, 0.1) is 5.41 Å². The topological polar surface area (TPSA) is 53.7 Å². The summed E-state index contributed by atoms with van der Waals surface area (Å²) in [7, 11) is 0. The lowest BCUT2D eigenvalue weighted by Crippen LogP contribution is -2.44. The first-order valence-corrected chi connectivity index (χ1v) is 10.3. The van der Waals surface area contributed by atoms with Gasteiger partial charge in [-0.05, 0) is 47.4 Å². The van der Waals surface area contributed by atoms with Crippen molar-refractivity contribution in [1.82, 2.24) is 5.43 Å². The number of nitrogens with zero attached hydrogens (tertiary/aromatic N) is 2. The second-order valence-corrected chi connectivity index (χ2v) is 8.41. The molecule has 144 valence electrons. The van der Waals surface area contributed by atoms with E-state index in [1.165, 1.54) is 22.4 Å². The zero-order valence-corrected chi connectivity index (χ0v) is 16.3. The maximum Gasteiger partial charge on any atom is 0.0694 e. The van der Waals surface area contributed by atoms with E-state index in [0.29, 0.717) is 0 Å². The van der Waals surface area contributed by atoms with Crippen LogP contribution in [0.1, 0.15) is 42.0 Å². The van der Waals surface area contributed by atoms with Gasteiger partial charge in [-0.2, -0.15) is 5.10 Å². The molecule has 0 radical (unpaired) electrons. The van der Waals surface area contributed by atoms with E-state index in [4.69, 9.17) is 5.73 Å². The summed E-state index contributed by atoms with van der Waals surface area (Å²) >= 11 is 0. The first kappa shape index (κ1) is 17.5. The van der Waals surface area contributed by atoms with Crippen LogP contribution in [0.15, 0.2) is 60.2 Å². The number of para-hydroxylation sites is 1. The van der Waals surface area contributed by atoms with Gasteiger partial charge in [0.1, 0.15) is 0 Å². The second-order valence-electron chi connectivity index (χ2n) is 8.41. The molecule has 0 unspecified atom stereocenters. The molecule has 2 aliphatic heterocycles. The van der Waals surface area contributed by atoms with E-state index >= 15 is 0 Å². The highest BCUT2D eigenvalue weighted by atomic mass is 15.3. The van der Waals surface area contributed by atoms with Crippen LogP contribution in [-0.4, -0.2) is 25.3 Å². The maximum absolute atomic E-state index is 6.75. The number of rotatable bonds is 3. The Morgan fingerprint density at radius 3 is 2.61 bits per heavy atom. The van der Waals surface area contributed by atoms with E-state index in [-0.39, 0.29) is 11.5 Å². The first-order valence-electron chi connectivity index (χ1n) is 10.3. The molecule has 2 aromatic carbocycles. The molecule has 2 heterocycles. The second kappa shape index (κ2) is 6.78. The number of allylic oxidation sites excluding steroid dienone is 1. The summed E-state index contributed by atoms with van der Waals surface area (Å²) in [5.74, 6) is 0. The van der Waals surface area contributed by atoms with Crippen molar-refractivity contribution in [2.75, 3.05) is 24.5 Å². The minimum Gasteiger partial charge on any atom is -0.371 e. The zero-order chi connectivity index (χ0) is 19.1. The maximum atomic E-state index is 6.75. The largest absolute Gasteiger partial charge is 0.371 e. The standard InChI is InChI=1S/C24H28N4/c1-17(21-10-13-26-27-21)19-7-4-5-9-22(19)28-14-11-24(12-15-28)16-18-6-2-3-8-20(18)23(24)25/h2-9,23,26H,1,10-16,25H2/t23-/m1/s1. The smallest absolute Gasteiger partial charge is 0.0694 e. The van der Waals surface area contributed by atoms with E-state index < -0.39 is 0 Å². The van der Waals surface area contributed by atoms with Gasteiger partial charge in [0.15, 0.2) is 0 Å². The number of nitrogens with one attached hydrogen (secondary N) is 1. The van der Waals surface area contributed by atoms with Crippen LogP contribution in [-0.2, 0) is 6.42 Å². The number of hydrogen-bond donors (Lipinski definition) is 2. The number of hydrazone groups is 1. The van der Waals surface area contributed by atoms with Crippen LogP contribution < -0.4 is 16.1 Å². The van der Waals surface area contributed by atoms with Crippen molar-refractivity contribution < 1.29 is 0 Å². The molecular weight excluding hydrogens is 344 g/mol.